The zero-order chi connectivity index (χ0) is 39.5. The van der Waals surface area contributed by atoms with Gasteiger partial charge in [-0.05, 0) is 66.1 Å². The number of rotatable bonds is 24. The van der Waals surface area contributed by atoms with Crippen LogP contribution in [0.3, 0.4) is 0 Å². The molecule has 1 aliphatic heterocycles. The van der Waals surface area contributed by atoms with E-state index in [1.807, 2.05) is 55.5 Å². The molecule has 13 heteroatoms. The lowest BCUT2D eigenvalue weighted by Crippen LogP contribution is -2.51. The quantitative estimate of drug-likeness (QED) is 0.0325. The Balaban J connectivity index is 1.20. The third kappa shape index (κ3) is 13.4. The average molecular weight is 777 g/mol. The number of esters is 1. The molecular formula is C43H56N2O11. The molecule has 1 aliphatic rings. The molecule has 0 radical (unpaired) electrons. The van der Waals surface area contributed by atoms with Crippen LogP contribution in [0.25, 0.3) is 10.8 Å². The third-order valence-corrected chi connectivity index (χ3v) is 9.76. The number of hydrogen-bond donors (Lipinski definition) is 4. The first-order valence-corrected chi connectivity index (χ1v) is 19.4. The van der Waals surface area contributed by atoms with Crippen LogP contribution in [0.15, 0.2) is 84.9 Å². The Morgan fingerprint density at radius 1 is 0.857 bits per heavy atom. The van der Waals surface area contributed by atoms with Crippen molar-refractivity contribution in [2.75, 3.05) is 46.6 Å². The molecule has 0 bridgehead atoms. The lowest BCUT2D eigenvalue weighted by Gasteiger charge is -2.39. The van der Waals surface area contributed by atoms with E-state index in [1.54, 1.807) is 19.2 Å². The summed E-state index contributed by atoms with van der Waals surface area (Å²) in [6, 6.07) is 27.5. The van der Waals surface area contributed by atoms with Crippen LogP contribution >= 0.6 is 0 Å². The summed E-state index contributed by atoms with van der Waals surface area (Å²) in [5.74, 6) is 1.35. The predicted molar refractivity (Wildman–Crippen MR) is 209 cm³/mol. The number of nitrogens with one attached hydrogen (secondary N) is 1. The number of nitrogens with zero attached hydrogens (tertiary/aromatic N) is 1. The number of phenols is 1. The molecule has 13 nitrogen and oxygen atoms in total. The van der Waals surface area contributed by atoms with E-state index in [9.17, 15) is 9.90 Å². The van der Waals surface area contributed by atoms with Crippen molar-refractivity contribution in [2.45, 2.75) is 82.9 Å². The van der Waals surface area contributed by atoms with Crippen LogP contribution in [0.4, 0.5) is 0 Å². The van der Waals surface area contributed by atoms with Gasteiger partial charge in [0.2, 0.25) is 0 Å². The zero-order valence-corrected chi connectivity index (χ0v) is 32.3. The normalized spacial score (nSPS) is 17.6. The van der Waals surface area contributed by atoms with Crippen LogP contribution in [-0.4, -0.2) is 91.8 Å². The van der Waals surface area contributed by atoms with Gasteiger partial charge < -0.3 is 38.8 Å². The van der Waals surface area contributed by atoms with E-state index in [2.05, 4.69) is 34.4 Å². The lowest BCUT2D eigenvalue weighted by atomic mass is 9.85. The molecule has 4 aromatic rings. The first kappa shape index (κ1) is 42.8. The van der Waals surface area contributed by atoms with Gasteiger partial charge in [0.1, 0.15) is 23.4 Å². The first-order chi connectivity index (χ1) is 27.3. The maximum atomic E-state index is 12.7. The molecule has 0 aromatic heterocycles. The van der Waals surface area contributed by atoms with Crippen molar-refractivity contribution in [1.29, 1.82) is 0 Å². The number of benzene rings is 4. The minimum absolute atomic E-state index is 0.125. The van der Waals surface area contributed by atoms with Crippen molar-refractivity contribution in [3.8, 4) is 17.2 Å². The fourth-order valence-electron chi connectivity index (χ4n) is 6.76. The number of ether oxygens (including phenoxy) is 6. The van der Waals surface area contributed by atoms with Crippen LogP contribution in [0.1, 0.15) is 68.1 Å². The maximum absolute atomic E-state index is 12.7. The number of fused-ring (bicyclic) bond motifs is 1. The summed E-state index contributed by atoms with van der Waals surface area (Å²) in [6.07, 6.45) is 2.49. The van der Waals surface area contributed by atoms with Crippen molar-refractivity contribution in [3.05, 3.63) is 102 Å². The molecule has 4 atom stereocenters. The average Bonchev–Trinajstić information content (AvgIpc) is 3.21. The van der Waals surface area contributed by atoms with Gasteiger partial charge in [0, 0.05) is 42.8 Å². The first-order valence-electron chi connectivity index (χ1n) is 19.4. The highest BCUT2D eigenvalue weighted by Crippen LogP contribution is 2.33. The molecule has 304 valence electrons. The van der Waals surface area contributed by atoms with E-state index < -0.39 is 6.10 Å². The summed E-state index contributed by atoms with van der Waals surface area (Å²) in [5.41, 5.74) is 2.81. The van der Waals surface area contributed by atoms with Gasteiger partial charge in [-0.15, -0.1) is 0 Å². The smallest absolute Gasteiger partial charge is 0.306 e. The number of piperidine rings is 1. The predicted octanol–water partition coefficient (Wildman–Crippen LogP) is 7.09. The Morgan fingerprint density at radius 3 is 2.39 bits per heavy atom. The van der Waals surface area contributed by atoms with Gasteiger partial charge in [-0.1, -0.05) is 67.9 Å². The number of para-hydroxylation sites is 1. The van der Waals surface area contributed by atoms with Crippen LogP contribution in [0.5, 0.6) is 17.2 Å². The second-order valence-corrected chi connectivity index (χ2v) is 13.8. The lowest BCUT2D eigenvalue weighted by molar-refractivity contribution is -0.492. The van der Waals surface area contributed by atoms with E-state index in [0.717, 1.165) is 39.0 Å². The van der Waals surface area contributed by atoms with E-state index in [0.29, 0.717) is 71.6 Å². The molecule has 0 amide bonds. The fraction of sp³-hybridized carbons (Fsp3) is 0.465. The highest BCUT2D eigenvalue weighted by Gasteiger charge is 2.36. The van der Waals surface area contributed by atoms with E-state index in [-0.39, 0.29) is 54.9 Å². The minimum Gasteiger partial charge on any atom is -0.508 e. The Kier molecular flexibility index (Phi) is 17.6. The Morgan fingerprint density at radius 2 is 1.62 bits per heavy atom. The maximum Gasteiger partial charge on any atom is 0.306 e. The summed E-state index contributed by atoms with van der Waals surface area (Å²) < 4.78 is 36.5. The molecule has 0 spiro atoms. The third-order valence-electron chi connectivity index (χ3n) is 9.76. The van der Waals surface area contributed by atoms with Crippen molar-refractivity contribution in [3.63, 3.8) is 0 Å². The van der Waals surface area contributed by atoms with Crippen molar-refractivity contribution in [1.82, 2.24) is 10.7 Å². The SMILES string of the molecule is CCC(COC1CNCC(OCc2cc(OC)c3ccccc3c2)C1c1ccc(OCCCOCc2ccccc2O)cc1)OC(=O)CCCCCON(O)O. The number of carbonyl (C=O) groups excluding carboxylic acids is 1. The summed E-state index contributed by atoms with van der Waals surface area (Å²) in [5, 5.41) is 32.5. The van der Waals surface area contributed by atoms with Gasteiger partial charge >= 0.3 is 5.97 Å². The largest absolute Gasteiger partial charge is 0.508 e. The number of methoxy groups -OCH3 is 1. The Hall–Kier alpha value is -4.31. The molecular weight excluding hydrogens is 720 g/mol. The number of aromatic hydroxyl groups is 1. The fourth-order valence-corrected chi connectivity index (χ4v) is 6.76. The van der Waals surface area contributed by atoms with Gasteiger partial charge in [-0.2, -0.15) is 0 Å². The van der Waals surface area contributed by atoms with Crippen LogP contribution < -0.4 is 14.8 Å². The van der Waals surface area contributed by atoms with E-state index in [1.165, 1.54) is 0 Å². The highest BCUT2D eigenvalue weighted by molar-refractivity contribution is 5.89. The number of carbonyl (C=O) groups is 1. The van der Waals surface area contributed by atoms with E-state index >= 15 is 0 Å². The molecule has 1 fully saturated rings. The summed E-state index contributed by atoms with van der Waals surface area (Å²) in [4.78, 5) is 17.2. The molecule has 1 saturated heterocycles. The number of phenolic OH excluding ortho intramolecular Hbond substituents is 1. The molecule has 1 heterocycles. The zero-order valence-electron chi connectivity index (χ0n) is 32.3. The summed E-state index contributed by atoms with van der Waals surface area (Å²) >= 11 is 0. The molecule has 4 aromatic carbocycles. The molecule has 0 saturated carbocycles. The molecule has 4 N–H and O–H groups in total. The standard InChI is InChI=1S/C43H56N2O11/c1-3-35(56-42(47)16-5-4-10-23-55-45(48)49)30-54-41-27-44-26-40(53-28-31-24-33-12-6-8-14-37(33)39(25-31)50-2)43(41)32-17-19-36(20-18-32)52-22-11-21-51-29-34-13-7-9-15-38(34)46/h6-9,12-15,17-20,24-25,35,40-41,43-44,46,48-49H,3-5,10-11,16,21-23,26-30H2,1-2H3. The monoisotopic (exact) mass is 776 g/mol. The van der Waals surface area contributed by atoms with Crippen LogP contribution in [0, 0.1) is 0 Å². The van der Waals surface area contributed by atoms with Gasteiger partial charge in [0.25, 0.3) is 0 Å². The van der Waals surface area contributed by atoms with Gasteiger partial charge in [0.15, 0.2) is 0 Å². The van der Waals surface area contributed by atoms with Gasteiger partial charge in [0.05, 0.1) is 64.3 Å². The van der Waals surface area contributed by atoms with Crippen LogP contribution in [-0.2, 0) is 41.8 Å². The second kappa shape index (κ2) is 23.0. The molecule has 4 unspecified atom stereocenters. The number of unbranched alkanes of at least 4 members (excludes halogenated alkanes) is 2. The molecule has 0 aliphatic carbocycles. The van der Waals surface area contributed by atoms with Gasteiger partial charge in [-0.25, -0.2) is 0 Å². The van der Waals surface area contributed by atoms with Crippen molar-refractivity contribution in [2.24, 2.45) is 0 Å². The van der Waals surface area contributed by atoms with Gasteiger partial charge in [-0.3, -0.25) is 20.0 Å². The van der Waals surface area contributed by atoms with Crippen molar-refractivity contribution < 1.29 is 53.6 Å². The Bertz CT molecular complexity index is 1760. The molecule has 5 rings (SSSR count). The number of hydrogen-bond acceptors (Lipinski definition) is 13. The topological polar surface area (TPSA) is 158 Å². The van der Waals surface area contributed by atoms with Crippen molar-refractivity contribution >= 4 is 16.7 Å². The molecule has 56 heavy (non-hydrogen) atoms. The second-order valence-electron chi connectivity index (χ2n) is 13.8. The minimum atomic E-state index is -0.409. The van der Waals surface area contributed by atoms with Crippen LogP contribution in [0.2, 0.25) is 0 Å². The van der Waals surface area contributed by atoms with E-state index in [4.69, 9.17) is 38.8 Å². The summed E-state index contributed by atoms with van der Waals surface area (Å²) in [7, 11) is 1.68. The highest BCUT2D eigenvalue weighted by atomic mass is 17.1. The summed E-state index contributed by atoms with van der Waals surface area (Å²) in [6.45, 7) is 5.27. The Labute approximate surface area is 328 Å².